The summed E-state index contributed by atoms with van der Waals surface area (Å²) in [6.07, 6.45) is 0. The van der Waals surface area contributed by atoms with Crippen LogP contribution < -0.4 is 16.0 Å². The largest absolute Gasteiger partial charge is 0.352 e. The summed E-state index contributed by atoms with van der Waals surface area (Å²) >= 11 is 0. The van der Waals surface area contributed by atoms with Gasteiger partial charge in [0.1, 0.15) is 0 Å². The van der Waals surface area contributed by atoms with Crippen molar-refractivity contribution in [3.05, 3.63) is 46.8 Å². The van der Waals surface area contributed by atoms with Gasteiger partial charge in [-0.2, -0.15) is 5.10 Å². The number of nitrogens with one attached hydrogen (secondary N) is 3. The normalized spacial score (nSPS) is 11.7. The Kier molecular flexibility index (Phi) is 6.98. The van der Waals surface area contributed by atoms with Crippen LogP contribution in [0.15, 0.2) is 24.3 Å². The number of aromatic nitrogens is 2. The van der Waals surface area contributed by atoms with Crippen molar-refractivity contribution in [3.63, 3.8) is 0 Å². The highest BCUT2D eigenvalue weighted by Crippen LogP contribution is 2.17. The van der Waals surface area contributed by atoms with Crippen molar-refractivity contribution in [2.24, 2.45) is 5.92 Å². The van der Waals surface area contributed by atoms with E-state index in [9.17, 15) is 9.59 Å². The predicted molar refractivity (Wildman–Crippen MR) is 107 cm³/mol. The van der Waals surface area contributed by atoms with E-state index in [0.29, 0.717) is 24.3 Å². The lowest BCUT2D eigenvalue weighted by Gasteiger charge is -2.15. The van der Waals surface area contributed by atoms with Crippen molar-refractivity contribution in [2.45, 2.75) is 41.2 Å². The Morgan fingerprint density at radius 2 is 1.89 bits per heavy atom. The lowest BCUT2D eigenvalue weighted by Crippen LogP contribution is -2.34. The van der Waals surface area contributed by atoms with Gasteiger partial charge >= 0.3 is 6.03 Å². The van der Waals surface area contributed by atoms with Crippen LogP contribution in [0.2, 0.25) is 0 Å². The lowest BCUT2D eigenvalue weighted by atomic mass is 10.1. The van der Waals surface area contributed by atoms with Crippen LogP contribution in [0.4, 0.5) is 10.5 Å². The summed E-state index contributed by atoms with van der Waals surface area (Å²) in [6.45, 7) is 11.6. The Balaban J connectivity index is 1.90. The molecule has 0 saturated heterocycles. The van der Waals surface area contributed by atoms with Crippen LogP contribution in [0.25, 0.3) is 0 Å². The molecule has 0 aliphatic carbocycles. The van der Waals surface area contributed by atoms with Crippen LogP contribution in [-0.4, -0.2) is 34.8 Å². The third kappa shape index (κ3) is 5.84. The van der Waals surface area contributed by atoms with Gasteiger partial charge in [-0.05, 0) is 57.4 Å². The number of carbonyl (C=O) groups excluding carboxylic acids is 2. The van der Waals surface area contributed by atoms with Crippen LogP contribution in [-0.2, 0) is 6.54 Å². The Hall–Kier alpha value is -2.83. The quantitative estimate of drug-likeness (QED) is 0.699. The van der Waals surface area contributed by atoms with Gasteiger partial charge in [0.05, 0.1) is 5.69 Å². The average molecular weight is 371 g/mol. The molecule has 1 aromatic carbocycles. The minimum atomic E-state index is -0.286. The zero-order chi connectivity index (χ0) is 20.0. The first-order valence-electron chi connectivity index (χ1n) is 9.25. The van der Waals surface area contributed by atoms with E-state index in [4.69, 9.17) is 0 Å². The van der Waals surface area contributed by atoms with Crippen LogP contribution in [0.1, 0.15) is 41.2 Å². The number of hydrogen-bond donors (Lipinski definition) is 3. The SMILES string of the molecule is CCNC(=O)c1ccc(C)c(NC(=O)NCC(C)Cn2nc(C)cc2C)c1. The number of amides is 3. The van der Waals surface area contributed by atoms with E-state index in [1.54, 1.807) is 12.1 Å². The zero-order valence-electron chi connectivity index (χ0n) is 16.7. The van der Waals surface area contributed by atoms with Gasteiger partial charge in [-0.15, -0.1) is 0 Å². The highest BCUT2D eigenvalue weighted by atomic mass is 16.2. The number of anilines is 1. The van der Waals surface area contributed by atoms with Gasteiger partial charge in [0, 0.05) is 36.6 Å². The molecule has 7 heteroatoms. The summed E-state index contributed by atoms with van der Waals surface area (Å²) in [5.74, 6) is 0.0796. The molecule has 27 heavy (non-hydrogen) atoms. The predicted octanol–water partition coefficient (Wildman–Crippen LogP) is 3.02. The molecule has 146 valence electrons. The van der Waals surface area contributed by atoms with E-state index >= 15 is 0 Å². The molecule has 1 atom stereocenters. The molecule has 0 radical (unpaired) electrons. The number of urea groups is 1. The van der Waals surface area contributed by atoms with Crippen LogP contribution in [0.3, 0.4) is 0 Å². The van der Waals surface area contributed by atoms with E-state index in [-0.39, 0.29) is 17.9 Å². The Morgan fingerprint density at radius 3 is 2.52 bits per heavy atom. The third-order valence-electron chi connectivity index (χ3n) is 4.28. The highest BCUT2D eigenvalue weighted by Gasteiger charge is 2.12. The van der Waals surface area contributed by atoms with E-state index < -0.39 is 0 Å². The van der Waals surface area contributed by atoms with Crippen molar-refractivity contribution >= 4 is 17.6 Å². The van der Waals surface area contributed by atoms with Crippen molar-refractivity contribution in [3.8, 4) is 0 Å². The molecular weight excluding hydrogens is 342 g/mol. The number of carbonyl (C=O) groups is 2. The van der Waals surface area contributed by atoms with E-state index in [1.165, 1.54) is 0 Å². The van der Waals surface area contributed by atoms with Crippen LogP contribution in [0, 0.1) is 26.7 Å². The van der Waals surface area contributed by atoms with Crippen molar-refractivity contribution in [1.82, 2.24) is 20.4 Å². The molecule has 1 heterocycles. The van der Waals surface area contributed by atoms with Gasteiger partial charge in [-0.25, -0.2) is 4.79 Å². The van der Waals surface area contributed by atoms with Crippen LogP contribution >= 0.6 is 0 Å². The lowest BCUT2D eigenvalue weighted by molar-refractivity contribution is 0.0956. The fourth-order valence-corrected chi connectivity index (χ4v) is 2.81. The van der Waals surface area contributed by atoms with Gasteiger partial charge in [0.2, 0.25) is 0 Å². The highest BCUT2D eigenvalue weighted by molar-refractivity contribution is 5.97. The van der Waals surface area contributed by atoms with Gasteiger partial charge in [0.25, 0.3) is 5.91 Å². The molecule has 1 aromatic heterocycles. The zero-order valence-corrected chi connectivity index (χ0v) is 16.7. The summed E-state index contributed by atoms with van der Waals surface area (Å²) in [6, 6.07) is 7.02. The first-order valence-corrected chi connectivity index (χ1v) is 9.25. The molecule has 3 amide bonds. The third-order valence-corrected chi connectivity index (χ3v) is 4.28. The van der Waals surface area contributed by atoms with E-state index in [1.807, 2.05) is 44.5 Å². The monoisotopic (exact) mass is 371 g/mol. The molecule has 3 N–H and O–H groups in total. The number of rotatable bonds is 7. The Labute approximate surface area is 160 Å². The van der Waals surface area contributed by atoms with Gasteiger partial charge in [0.15, 0.2) is 0 Å². The number of hydrogen-bond acceptors (Lipinski definition) is 3. The number of benzene rings is 1. The fraction of sp³-hybridized carbons (Fsp3) is 0.450. The fourth-order valence-electron chi connectivity index (χ4n) is 2.81. The van der Waals surface area contributed by atoms with E-state index in [2.05, 4.69) is 28.0 Å². The van der Waals surface area contributed by atoms with E-state index in [0.717, 1.165) is 23.5 Å². The molecule has 0 bridgehead atoms. The molecule has 0 aliphatic heterocycles. The summed E-state index contributed by atoms with van der Waals surface area (Å²) < 4.78 is 1.96. The topological polar surface area (TPSA) is 88.0 Å². The summed E-state index contributed by atoms with van der Waals surface area (Å²) in [5, 5.41) is 12.9. The second-order valence-electron chi connectivity index (χ2n) is 6.94. The van der Waals surface area contributed by atoms with Gasteiger partial charge in [-0.1, -0.05) is 13.0 Å². The van der Waals surface area contributed by atoms with Crippen molar-refractivity contribution in [1.29, 1.82) is 0 Å². The molecular formula is C20H29N5O2. The number of nitrogens with zero attached hydrogens (tertiary/aromatic N) is 2. The Bertz CT molecular complexity index is 813. The first-order chi connectivity index (χ1) is 12.8. The Morgan fingerprint density at radius 1 is 1.15 bits per heavy atom. The second-order valence-corrected chi connectivity index (χ2v) is 6.94. The smallest absolute Gasteiger partial charge is 0.319 e. The molecule has 1 unspecified atom stereocenters. The standard InChI is InChI=1S/C20H29N5O2/c1-6-21-19(26)17-8-7-14(3)18(10-17)23-20(27)22-11-13(2)12-25-16(5)9-15(4)24-25/h7-10,13H,6,11-12H2,1-5H3,(H,21,26)(H2,22,23,27). The number of aryl methyl sites for hydroxylation is 3. The van der Waals surface area contributed by atoms with Crippen molar-refractivity contribution < 1.29 is 9.59 Å². The minimum absolute atomic E-state index is 0.153. The maximum absolute atomic E-state index is 12.3. The summed E-state index contributed by atoms with van der Waals surface area (Å²) in [5.41, 5.74) is 4.15. The molecule has 2 aromatic rings. The first kappa shape index (κ1) is 20.5. The molecule has 0 saturated carbocycles. The molecule has 0 aliphatic rings. The second kappa shape index (κ2) is 9.21. The molecule has 2 rings (SSSR count). The molecule has 0 spiro atoms. The average Bonchev–Trinajstić information content (AvgIpc) is 2.92. The maximum atomic E-state index is 12.3. The molecule has 0 fully saturated rings. The summed E-state index contributed by atoms with van der Waals surface area (Å²) in [7, 11) is 0. The molecule has 7 nitrogen and oxygen atoms in total. The maximum Gasteiger partial charge on any atom is 0.319 e. The summed E-state index contributed by atoms with van der Waals surface area (Å²) in [4.78, 5) is 24.2. The van der Waals surface area contributed by atoms with Gasteiger partial charge in [-0.3, -0.25) is 9.48 Å². The minimum Gasteiger partial charge on any atom is -0.352 e. The van der Waals surface area contributed by atoms with Crippen molar-refractivity contribution in [2.75, 3.05) is 18.4 Å². The van der Waals surface area contributed by atoms with Crippen LogP contribution in [0.5, 0.6) is 0 Å². The van der Waals surface area contributed by atoms with Gasteiger partial charge < -0.3 is 16.0 Å².